The van der Waals surface area contributed by atoms with Gasteiger partial charge in [0.15, 0.2) is 6.10 Å². The Kier molecular flexibility index (Phi) is 8.50. The van der Waals surface area contributed by atoms with E-state index < -0.39 is 12.1 Å². The smallest absolute Gasteiger partial charge is 0.335 e. The number of esters is 1. The van der Waals surface area contributed by atoms with Crippen LogP contribution in [-0.4, -0.2) is 50.4 Å². The molecular weight excluding hydrogens is 288 g/mol. The summed E-state index contributed by atoms with van der Waals surface area (Å²) in [4.78, 5) is 11.5. The predicted molar refractivity (Wildman–Crippen MR) is 80.7 cm³/mol. The Morgan fingerprint density at radius 3 is 2.45 bits per heavy atom. The van der Waals surface area contributed by atoms with E-state index in [9.17, 15) is 9.90 Å². The number of hydrogen-bond donors (Lipinski definition) is 1. The van der Waals surface area contributed by atoms with Crippen molar-refractivity contribution in [2.75, 3.05) is 27.1 Å². The largest absolute Gasteiger partial charge is 0.491 e. The second-order valence-corrected chi connectivity index (χ2v) is 5.01. The number of carbonyl (C=O) groups excluding carboxylic acids is 1. The number of benzene rings is 1. The molecule has 0 aliphatic heterocycles. The normalized spacial score (nSPS) is 12.2. The van der Waals surface area contributed by atoms with Crippen LogP contribution >= 0.6 is 0 Å². The van der Waals surface area contributed by atoms with Crippen LogP contribution in [0.1, 0.15) is 19.4 Å². The third kappa shape index (κ3) is 7.40. The Hall–Kier alpha value is -1.63. The van der Waals surface area contributed by atoms with Crippen molar-refractivity contribution in [1.29, 1.82) is 0 Å². The first-order chi connectivity index (χ1) is 10.5. The molecule has 0 amide bonds. The van der Waals surface area contributed by atoms with Gasteiger partial charge < -0.3 is 24.1 Å². The molecule has 6 heteroatoms. The number of aliphatic hydroxyl groups is 1. The molecule has 1 atom stereocenters. The number of aliphatic hydroxyl groups excluding tert-OH is 1. The molecule has 6 nitrogen and oxygen atoms in total. The van der Waals surface area contributed by atoms with Crippen LogP contribution < -0.4 is 4.74 Å². The zero-order valence-corrected chi connectivity index (χ0v) is 13.3. The lowest BCUT2D eigenvalue weighted by atomic mass is 10.1. The summed E-state index contributed by atoms with van der Waals surface area (Å²) < 4.78 is 20.3. The molecule has 0 heterocycles. The van der Waals surface area contributed by atoms with Crippen LogP contribution in [-0.2, 0) is 25.4 Å². The Balaban J connectivity index is 2.36. The molecule has 1 aromatic rings. The highest BCUT2D eigenvalue weighted by atomic mass is 16.7. The minimum Gasteiger partial charge on any atom is -0.491 e. The average molecular weight is 312 g/mol. The maximum Gasteiger partial charge on any atom is 0.335 e. The molecule has 0 saturated carbocycles. The SMILES string of the molecule is COCOCCOc1ccc(CC(O)C(=O)OC(C)C)cc1. The lowest BCUT2D eigenvalue weighted by molar-refractivity contribution is -0.157. The number of methoxy groups -OCH3 is 1. The van der Waals surface area contributed by atoms with Gasteiger partial charge in [0.1, 0.15) is 19.1 Å². The second kappa shape index (κ2) is 10.2. The fraction of sp³-hybridized carbons (Fsp3) is 0.562. The van der Waals surface area contributed by atoms with Crippen molar-refractivity contribution in [3.63, 3.8) is 0 Å². The van der Waals surface area contributed by atoms with Gasteiger partial charge in [-0.25, -0.2) is 4.79 Å². The van der Waals surface area contributed by atoms with Crippen LogP contribution in [0.25, 0.3) is 0 Å². The summed E-state index contributed by atoms with van der Waals surface area (Å²) in [7, 11) is 1.56. The monoisotopic (exact) mass is 312 g/mol. The van der Waals surface area contributed by atoms with Gasteiger partial charge in [0.05, 0.1) is 12.7 Å². The molecule has 0 spiro atoms. The van der Waals surface area contributed by atoms with Crippen LogP contribution in [0.15, 0.2) is 24.3 Å². The highest BCUT2D eigenvalue weighted by molar-refractivity contribution is 5.74. The summed E-state index contributed by atoms with van der Waals surface area (Å²) in [6.07, 6.45) is -1.18. The molecule has 0 fully saturated rings. The Labute approximate surface area is 130 Å². The van der Waals surface area contributed by atoms with Gasteiger partial charge in [0, 0.05) is 13.5 Å². The summed E-state index contributed by atoms with van der Waals surface area (Å²) in [5.41, 5.74) is 0.830. The molecule has 0 aromatic heterocycles. The van der Waals surface area contributed by atoms with Gasteiger partial charge in [0.25, 0.3) is 0 Å². The van der Waals surface area contributed by atoms with E-state index in [1.807, 2.05) is 0 Å². The molecule has 1 unspecified atom stereocenters. The van der Waals surface area contributed by atoms with Crippen molar-refractivity contribution < 1.29 is 28.8 Å². The Morgan fingerprint density at radius 1 is 1.18 bits per heavy atom. The molecule has 1 aromatic carbocycles. The zero-order chi connectivity index (χ0) is 16.4. The first-order valence-electron chi connectivity index (χ1n) is 7.20. The Bertz CT molecular complexity index is 429. The number of carbonyl (C=O) groups is 1. The van der Waals surface area contributed by atoms with E-state index in [4.69, 9.17) is 18.9 Å². The van der Waals surface area contributed by atoms with E-state index in [2.05, 4.69) is 0 Å². The average Bonchev–Trinajstić information content (AvgIpc) is 2.48. The first kappa shape index (κ1) is 18.4. The lowest BCUT2D eigenvalue weighted by Crippen LogP contribution is -2.27. The van der Waals surface area contributed by atoms with E-state index >= 15 is 0 Å². The molecule has 0 saturated heterocycles. The molecule has 0 aliphatic rings. The van der Waals surface area contributed by atoms with Crippen molar-refractivity contribution in [3.05, 3.63) is 29.8 Å². The van der Waals surface area contributed by atoms with Crippen molar-refractivity contribution in [2.45, 2.75) is 32.5 Å². The fourth-order valence-corrected chi connectivity index (χ4v) is 1.70. The molecule has 22 heavy (non-hydrogen) atoms. The number of hydrogen-bond acceptors (Lipinski definition) is 6. The topological polar surface area (TPSA) is 74.2 Å². The van der Waals surface area contributed by atoms with Gasteiger partial charge in [-0.2, -0.15) is 0 Å². The summed E-state index contributed by atoms with van der Waals surface area (Å²) in [6, 6.07) is 7.17. The van der Waals surface area contributed by atoms with Crippen LogP contribution in [0, 0.1) is 0 Å². The third-order valence-corrected chi connectivity index (χ3v) is 2.67. The van der Waals surface area contributed by atoms with E-state index in [0.717, 1.165) is 5.56 Å². The highest BCUT2D eigenvalue weighted by Gasteiger charge is 2.18. The van der Waals surface area contributed by atoms with Crippen molar-refractivity contribution in [3.8, 4) is 5.75 Å². The van der Waals surface area contributed by atoms with Crippen LogP contribution in [0.5, 0.6) is 5.75 Å². The van der Waals surface area contributed by atoms with Gasteiger partial charge in [-0.15, -0.1) is 0 Å². The van der Waals surface area contributed by atoms with Crippen LogP contribution in [0.4, 0.5) is 0 Å². The quantitative estimate of drug-likeness (QED) is 0.401. The molecule has 1 N–H and O–H groups in total. The summed E-state index contributed by atoms with van der Waals surface area (Å²) in [5.74, 6) is 0.0923. The standard InChI is InChI=1S/C16H24O6/c1-12(2)22-16(18)15(17)10-13-4-6-14(7-5-13)21-9-8-20-11-19-3/h4-7,12,15,17H,8-11H2,1-3H3. The lowest BCUT2D eigenvalue weighted by Gasteiger charge is -2.13. The van der Waals surface area contributed by atoms with Gasteiger partial charge >= 0.3 is 5.97 Å². The molecule has 0 bridgehead atoms. The summed E-state index contributed by atoms with van der Waals surface area (Å²) in [5, 5.41) is 9.78. The van der Waals surface area contributed by atoms with E-state index in [-0.39, 0.29) is 19.3 Å². The van der Waals surface area contributed by atoms with E-state index in [1.165, 1.54) is 0 Å². The van der Waals surface area contributed by atoms with Gasteiger partial charge in [-0.3, -0.25) is 0 Å². The third-order valence-electron chi connectivity index (χ3n) is 2.67. The van der Waals surface area contributed by atoms with Crippen molar-refractivity contribution in [1.82, 2.24) is 0 Å². The van der Waals surface area contributed by atoms with E-state index in [1.54, 1.807) is 45.2 Å². The van der Waals surface area contributed by atoms with Crippen molar-refractivity contribution >= 4 is 5.97 Å². The van der Waals surface area contributed by atoms with Crippen molar-refractivity contribution in [2.24, 2.45) is 0 Å². The van der Waals surface area contributed by atoms with Crippen LogP contribution in [0.3, 0.4) is 0 Å². The maximum atomic E-state index is 11.5. The zero-order valence-electron chi connectivity index (χ0n) is 13.3. The predicted octanol–water partition coefficient (Wildman–Crippen LogP) is 1.54. The molecule has 0 radical (unpaired) electrons. The Morgan fingerprint density at radius 2 is 1.86 bits per heavy atom. The number of rotatable bonds is 10. The minimum atomic E-state index is -1.16. The maximum absolute atomic E-state index is 11.5. The number of ether oxygens (including phenoxy) is 4. The molecule has 124 valence electrons. The molecule has 1 rings (SSSR count). The summed E-state index contributed by atoms with van der Waals surface area (Å²) in [6.45, 7) is 4.59. The van der Waals surface area contributed by atoms with E-state index in [0.29, 0.717) is 19.0 Å². The fourth-order valence-electron chi connectivity index (χ4n) is 1.70. The minimum absolute atomic E-state index is 0.211. The first-order valence-corrected chi connectivity index (χ1v) is 7.20. The molecular formula is C16H24O6. The highest BCUT2D eigenvalue weighted by Crippen LogP contribution is 2.14. The second-order valence-electron chi connectivity index (χ2n) is 5.01. The van der Waals surface area contributed by atoms with Gasteiger partial charge in [-0.05, 0) is 31.5 Å². The summed E-state index contributed by atoms with van der Waals surface area (Å²) >= 11 is 0. The van der Waals surface area contributed by atoms with Crippen LogP contribution in [0.2, 0.25) is 0 Å². The molecule has 0 aliphatic carbocycles. The van der Waals surface area contributed by atoms with Gasteiger partial charge in [-0.1, -0.05) is 12.1 Å². The van der Waals surface area contributed by atoms with Gasteiger partial charge in [0.2, 0.25) is 0 Å².